The maximum atomic E-state index is 13.5. The second-order valence-corrected chi connectivity index (χ2v) is 7.54. The maximum Gasteiger partial charge on any atom is 0.336 e. The Morgan fingerprint density at radius 3 is 2.37 bits per heavy atom. The third-order valence-electron chi connectivity index (χ3n) is 5.65. The molecule has 0 radical (unpaired) electrons. The number of Topliss-reactive ketones (excluding diaryl/α,β-unsaturated/α-hetero) is 1. The molecular weight excluding hydrogens is 384 g/mol. The lowest BCUT2D eigenvalue weighted by Gasteiger charge is -2.16. The van der Waals surface area contributed by atoms with Gasteiger partial charge in [0.2, 0.25) is 0 Å². The molecule has 4 rings (SSSR count). The molecule has 1 aliphatic carbocycles. The van der Waals surface area contributed by atoms with Gasteiger partial charge in [-0.25, -0.2) is 9.42 Å². The van der Waals surface area contributed by atoms with Crippen LogP contribution in [0.1, 0.15) is 48.0 Å². The molecule has 0 unspecified atom stereocenters. The number of rotatable bonds is 7. The Hall–Kier alpha value is -3.48. The van der Waals surface area contributed by atoms with Gasteiger partial charge in [-0.3, -0.25) is 4.79 Å². The summed E-state index contributed by atoms with van der Waals surface area (Å²) in [6.07, 6.45) is 4.64. The van der Waals surface area contributed by atoms with Gasteiger partial charge < -0.3 is 9.84 Å². The largest absolute Gasteiger partial charge is 0.497 e. The van der Waals surface area contributed by atoms with Crippen LogP contribution in [0.3, 0.4) is 0 Å². The van der Waals surface area contributed by atoms with E-state index < -0.39 is 5.97 Å². The average Bonchev–Trinajstić information content (AvgIpc) is 3.44. The minimum absolute atomic E-state index is 0.00705. The fourth-order valence-electron chi connectivity index (χ4n) is 4.09. The molecule has 7 heteroatoms. The number of benzene rings is 2. The molecule has 1 N–H and O–H groups in total. The summed E-state index contributed by atoms with van der Waals surface area (Å²) in [6.45, 7) is 0. The normalized spacial score (nSPS) is 15.2. The van der Waals surface area contributed by atoms with Crippen molar-refractivity contribution < 1.29 is 24.1 Å². The van der Waals surface area contributed by atoms with Gasteiger partial charge in [-0.15, -0.1) is 0 Å². The van der Waals surface area contributed by atoms with Crippen LogP contribution in [0.15, 0.2) is 52.7 Å². The number of ketones is 1. The molecule has 0 aliphatic heterocycles. The summed E-state index contributed by atoms with van der Waals surface area (Å²) in [4.78, 5) is 25.8. The van der Waals surface area contributed by atoms with Crippen molar-refractivity contribution in [2.75, 3.05) is 7.11 Å². The molecule has 1 fully saturated rings. The van der Waals surface area contributed by atoms with Gasteiger partial charge in [-0.2, -0.15) is 0 Å². The molecule has 0 atom stereocenters. The van der Waals surface area contributed by atoms with Gasteiger partial charge in [0, 0.05) is 11.1 Å². The lowest BCUT2D eigenvalue weighted by molar-refractivity contribution is -0.130. The first-order valence-electron chi connectivity index (χ1n) is 9.94. The van der Waals surface area contributed by atoms with Crippen molar-refractivity contribution in [3.63, 3.8) is 0 Å². The number of allylic oxidation sites excluding steroid dienone is 1. The third-order valence-corrected chi connectivity index (χ3v) is 5.65. The second-order valence-electron chi connectivity index (χ2n) is 7.54. The van der Waals surface area contributed by atoms with E-state index in [9.17, 15) is 14.7 Å². The first kappa shape index (κ1) is 19.8. The van der Waals surface area contributed by atoms with E-state index >= 15 is 0 Å². The van der Waals surface area contributed by atoms with E-state index in [4.69, 9.17) is 9.37 Å². The van der Waals surface area contributed by atoms with E-state index in [1.54, 1.807) is 49.6 Å². The molecule has 1 saturated carbocycles. The van der Waals surface area contributed by atoms with E-state index in [0.29, 0.717) is 45.8 Å². The minimum atomic E-state index is -1.14. The van der Waals surface area contributed by atoms with Crippen molar-refractivity contribution in [1.29, 1.82) is 0 Å². The van der Waals surface area contributed by atoms with Gasteiger partial charge >= 0.3 is 5.97 Å². The minimum Gasteiger partial charge on any atom is -0.497 e. The summed E-state index contributed by atoms with van der Waals surface area (Å²) < 4.78 is 9.89. The second kappa shape index (κ2) is 8.49. The standard InChI is InChI=1S/C23H22N2O5/c1-29-17-9-6-15(7-10-17)22(26)18(12-14-4-2-3-5-14)21(23(27)28)16-8-11-19-20(13-16)25-30-24-19/h6-11,13-14H,2-5,12H2,1H3,(H,27,28). The summed E-state index contributed by atoms with van der Waals surface area (Å²) in [5, 5.41) is 17.7. The molecule has 0 amide bonds. The number of carbonyl (C=O) groups is 2. The van der Waals surface area contributed by atoms with Crippen molar-refractivity contribution in [3.8, 4) is 5.75 Å². The summed E-state index contributed by atoms with van der Waals surface area (Å²) in [5.74, 6) is -0.481. The first-order chi connectivity index (χ1) is 14.6. The monoisotopic (exact) mass is 406 g/mol. The predicted molar refractivity (Wildman–Crippen MR) is 110 cm³/mol. The molecule has 30 heavy (non-hydrogen) atoms. The smallest absolute Gasteiger partial charge is 0.336 e. The quantitative estimate of drug-likeness (QED) is 0.454. The van der Waals surface area contributed by atoms with Crippen LogP contribution < -0.4 is 4.74 Å². The lowest BCUT2D eigenvalue weighted by atomic mass is 9.86. The first-order valence-corrected chi connectivity index (χ1v) is 9.94. The molecule has 1 aromatic heterocycles. The number of aromatic nitrogens is 2. The van der Waals surface area contributed by atoms with Crippen LogP contribution in [0.4, 0.5) is 0 Å². The zero-order valence-corrected chi connectivity index (χ0v) is 16.6. The number of methoxy groups -OCH3 is 1. The fraction of sp³-hybridized carbons (Fsp3) is 0.304. The summed E-state index contributed by atoms with van der Waals surface area (Å²) in [6, 6.07) is 11.6. The molecule has 0 spiro atoms. The molecule has 0 bridgehead atoms. The zero-order chi connectivity index (χ0) is 21.1. The highest BCUT2D eigenvalue weighted by Crippen LogP contribution is 2.35. The average molecular weight is 406 g/mol. The number of hydrogen-bond donors (Lipinski definition) is 1. The van der Waals surface area contributed by atoms with Crippen molar-refractivity contribution in [3.05, 3.63) is 59.2 Å². The summed E-state index contributed by atoms with van der Waals surface area (Å²) >= 11 is 0. The number of hydrogen-bond acceptors (Lipinski definition) is 6. The lowest BCUT2D eigenvalue weighted by Crippen LogP contribution is -2.14. The SMILES string of the molecule is COc1ccc(C(=O)C(CC2CCCC2)=C(C(=O)O)c2ccc3nonc3c2)cc1. The third kappa shape index (κ3) is 3.96. The molecular formula is C23H22N2O5. The molecule has 7 nitrogen and oxygen atoms in total. The number of carboxylic acids is 1. The highest BCUT2D eigenvalue weighted by molar-refractivity contribution is 6.26. The van der Waals surface area contributed by atoms with Crippen LogP contribution in [0.5, 0.6) is 5.75 Å². The fourth-order valence-corrected chi connectivity index (χ4v) is 4.09. The highest BCUT2D eigenvalue weighted by atomic mass is 16.6. The Balaban J connectivity index is 1.83. The van der Waals surface area contributed by atoms with Crippen molar-refractivity contribution in [2.45, 2.75) is 32.1 Å². The molecule has 154 valence electrons. The molecule has 1 aliphatic rings. The predicted octanol–water partition coefficient (Wildman–Crippen LogP) is 4.53. The van der Waals surface area contributed by atoms with Gasteiger partial charge in [0.05, 0.1) is 12.7 Å². The Bertz CT molecular complexity index is 1110. The summed E-state index contributed by atoms with van der Waals surface area (Å²) in [7, 11) is 1.56. The van der Waals surface area contributed by atoms with Gasteiger partial charge in [-0.05, 0) is 64.6 Å². The molecule has 0 saturated heterocycles. The van der Waals surface area contributed by atoms with Crippen molar-refractivity contribution >= 4 is 28.4 Å². The Morgan fingerprint density at radius 2 is 1.70 bits per heavy atom. The van der Waals surface area contributed by atoms with Crippen molar-refractivity contribution in [2.24, 2.45) is 5.92 Å². The van der Waals surface area contributed by atoms with Crippen LogP contribution >= 0.6 is 0 Å². The van der Waals surface area contributed by atoms with Gasteiger partial charge in [-0.1, -0.05) is 31.7 Å². The number of carbonyl (C=O) groups excluding carboxylic acids is 1. The van der Waals surface area contributed by atoms with Crippen LogP contribution in [0.2, 0.25) is 0 Å². The Kier molecular flexibility index (Phi) is 5.61. The van der Waals surface area contributed by atoms with E-state index in [1.165, 1.54) is 0 Å². The van der Waals surface area contributed by atoms with Crippen LogP contribution in [-0.4, -0.2) is 34.3 Å². The number of aliphatic carboxylic acids is 1. The molecule has 2 aromatic carbocycles. The number of carboxylic acid groups (broad SMARTS) is 1. The molecule has 3 aromatic rings. The van der Waals surface area contributed by atoms with Gasteiger partial charge in [0.15, 0.2) is 5.78 Å². The zero-order valence-electron chi connectivity index (χ0n) is 16.6. The number of nitrogens with zero attached hydrogens (tertiary/aromatic N) is 2. The van der Waals surface area contributed by atoms with Crippen LogP contribution in [0.25, 0.3) is 16.6 Å². The number of fused-ring (bicyclic) bond motifs is 1. The van der Waals surface area contributed by atoms with Gasteiger partial charge in [0.1, 0.15) is 16.8 Å². The van der Waals surface area contributed by atoms with E-state index in [0.717, 1.165) is 25.7 Å². The topological polar surface area (TPSA) is 103 Å². The maximum absolute atomic E-state index is 13.5. The Labute approximate surface area is 173 Å². The van der Waals surface area contributed by atoms with Crippen LogP contribution in [0, 0.1) is 5.92 Å². The summed E-state index contributed by atoms with van der Waals surface area (Å²) in [5.41, 5.74) is 2.15. The Morgan fingerprint density at radius 1 is 1.03 bits per heavy atom. The van der Waals surface area contributed by atoms with Crippen molar-refractivity contribution in [1.82, 2.24) is 10.3 Å². The van der Waals surface area contributed by atoms with Gasteiger partial charge in [0.25, 0.3) is 0 Å². The molecule has 1 heterocycles. The number of ether oxygens (including phenoxy) is 1. The van der Waals surface area contributed by atoms with E-state index in [2.05, 4.69) is 10.3 Å². The van der Waals surface area contributed by atoms with E-state index in [-0.39, 0.29) is 11.4 Å². The van der Waals surface area contributed by atoms with Crippen LogP contribution in [-0.2, 0) is 4.79 Å². The highest BCUT2D eigenvalue weighted by Gasteiger charge is 2.27. The van der Waals surface area contributed by atoms with E-state index in [1.807, 2.05) is 0 Å².